The molecule has 0 bridgehead atoms. The summed E-state index contributed by atoms with van der Waals surface area (Å²) in [6, 6.07) is 5.37. The Bertz CT molecular complexity index is 510. The zero-order valence-electron chi connectivity index (χ0n) is 10.7. The highest BCUT2D eigenvalue weighted by molar-refractivity contribution is 5.79. The lowest BCUT2D eigenvalue weighted by molar-refractivity contribution is 0.189. The van der Waals surface area contributed by atoms with E-state index in [1.807, 2.05) is 18.2 Å². The minimum atomic E-state index is -0.211. The SMILES string of the molecule is COCCCC(N)c1nc2c(OC)cccc2o1. The summed E-state index contributed by atoms with van der Waals surface area (Å²) < 4.78 is 15.9. The quantitative estimate of drug-likeness (QED) is 0.796. The summed E-state index contributed by atoms with van der Waals surface area (Å²) in [4.78, 5) is 4.40. The molecule has 0 radical (unpaired) electrons. The molecular weight excluding hydrogens is 232 g/mol. The van der Waals surface area contributed by atoms with Crippen molar-refractivity contribution in [2.24, 2.45) is 5.73 Å². The summed E-state index contributed by atoms with van der Waals surface area (Å²) in [6.45, 7) is 0.692. The number of hydrogen-bond donors (Lipinski definition) is 1. The third-order valence-corrected chi connectivity index (χ3v) is 2.80. The molecule has 0 aliphatic heterocycles. The van der Waals surface area contributed by atoms with Gasteiger partial charge in [-0.25, -0.2) is 4.98 Å². The number of nitrogens with two attached hydrogens (primary N) is 1. The Hall–Kier alpha value is -1.59. The number of hydrogen-bond acceptors (Lipinski definition) is 5. The fraction of sp³-hybridized carbons (Fsp3) is 0.462. The van der Waals surface area contributed by atoms with Gasteiger partial charge in [0, 0.05) is 13.7 Å². The van der Waals surface area contributed by atoms with Crippen LogP contribution in [0.5, 0.6) is 5.75 Å². The summed E-state index contributed by atoms with van der Waals surface area (Å²) in [7, 11) is 3.29. The van der Waals surface area contributed by atoms with Gasteiger partial charge in [0.25, 0.3) is 0 Å². The highest BCUT2D eigenvalue weighted by atomic mass is 16.5. The Balaban J connectivity index is 2.19. The lowest BCUT2D eigenvalue weighted by atomic mass is 10.2. The maximum Gasteiger partial charge on any atom is 0.212 e. The van der Waals surface area contributed by atoms with Crippen molar-refractivity contribution in [2.75, 3.05) is 20.8 Å². The van der Waals surface area contributed by atoms with Gasteiger partial charge in [-0.05, 0) is 25.0 Å². The Morgan fingerprint density at radius 3 is 2.94 bits per heavy atom. The van der Waals surface area contributed by atoms with Crippen LogP contribution in [0.4, 0.5) is 0 Å². The first kappa shape index (κ1) is 12.9. The van der Waals surface area contributed by atoms with Crippen LogP contribution in [-0.4, -0.2) is 25.8 Å². The maximum absolute atomic E-state index is 6.04. The fourth-order valence-electron chi connectivity index (χ4n) is 1.83. The van der Waals surface area contributed by atoms with Gasteiger partial charge in [0.05, 0.1) is 13.2 Å². The molecule has 2 rings (SSSR count). The van der Waals surface area contributed by atoms with Gasteiger partial charge in [-0.2, -0.15) is 0 Å². The summed E-state index contributed by atoms with van der Waals surface area (Å²) in [5.74, 6) is 1.25. The molecule has 2 N–H and O–H groups in total. The Labute approximate surface area is 106 Å². The van der Waals surface area contributed by atoms with E-state index in [-0.39, 0.29) is 6.04 Å². The van der Waals surface area contributed by atoms with Crippen molar-refractivity contribution in [3.8, 4) is 5.75 Å². The van der Waals surface area contributed by atoms with Gasteiger partial charge in [-0.15, -0.1) is 0 Å². The van der Waals surface area contributed by atoms with E-state index in [9.17, 15) is 0 Å². The van der Waals surface area contributed by atoms with E-state index in [4.69, 9.17) is 19.6 Å². The van der Waals surface area contributed by atoms with E-state index in [0.29, 0.717) is 23.8 Å². The van der Waals surface area contributed by atoms with Crippen LogP contribution < -0.4 is 10.5 Å². The Morgan fingerprint density at radius 1 is 1.39 bits per heavy atom. The number of methoxy groups -OCH3 is 2. The van der Waals surface area contributed by atoms with Gasteiger partial charge in [0.2, 0.25) is 5.89 Å². The average Bonchev–Trinajstić information content (AvgIpc) is 2.82. The van der Waals surface area contributed by atoms with Crippen LogP contribution in [0.2, 0.25) is 0 Å². The molecule has 5 heteroatoms. The molecule has 0 fully saturated rings. The summed E-state index contributed by atoms with van der Waals surface area (Å²) >= 11 is 0. The van der Waals surface area contributed by atoms with Crippen molar-refractivity contribution >= 4 is 11.1 Å². The van der Waals surface area contributed by atoms with Crippen LogP contribution in [0, 0.1) is 0 Å². The molecular formula is C13H18N2O3. The molecule has 0 saturated carbocycles. The minimum absolute atomic E-state index is 0.211. The Kier molecular flexibility index (Phi) is 4.17. The third-order valence-electron chi connectivity index (χ3n) is 2.80. The normalized spacial score (nSPS) is 12.8. The van der Waals surface area contributed by atoms with E-state index in [1.165, 1.54) is 0 Å². The molecule has 0 aliphatic rings. The van der Waals surface area contributed by atoms with Crippen LogP contribution in [-0.2, 0) is 4.74 Å². The topological polar surface area (TPSA) is 70.5 Å². The molecule has 0 saturated heterocycles. The first-order valence-electron chi connectivity index (χ1n) is 5.94. The first-order valence-corrected chi connectivity index (χ1v) is 5.94. The van der Waals surface area contributed by atoms with Crippen molar-refractivity contribution in [3.05, 3.63) is 24.1 Å². The van der Waals surface area contributed by atoms with Crippen molar-refractivity contribution in [1.29, 1.82) is 0 Å². The molecule has 0 aliphatic carbocycles. The third kappa shape index (κ3) is 2.63. The standard InChI is InChI=1S/C13H18N2O3/c1-16-8-4-5-9(14)13-15-12-10(17-2)6-3-7-11(12)18-13/h3,6-7,9H,4-5,8,14H2,1-2H3. The monoisotopic (exact) mass is 250 g/mol. The first-order chi connectivity index (χ1) is 8.76. The molecule has 1 atom stereocenters. The van der Waals surface area contributed by atoms with Crippen LogP contribution in [0.15, 0.2) is 22.6 Å². The molecule has 1 aromatic heterocycles. The van der Waals surface area contributed by atoms with E-state index < -0.39 is 0 Å². The van der Waals surface area contributed by atoms with E-state index in [1.54, 1.807) is 14.2 Å². The summed E-state index contributed by atoms with van der Waals surface area (Å²) in [6.07, 6.45) is 1.66. The van der Waals surface area contributed by atoms with Crippen molar-refractivity contribution in [2.45, 2.75) is 18.9 Å². The van der Waals surface area contributed by atoms with Gasteiger partial charge < -0.3 is 19.6 Å². The molecule has 1 aromatic carbocycles. The number of ether oxygens (including phenoxy) is 2. The fourth-order valence-corrected chi connectivity index (χ4v) is 1.83. The van der Waals surface area contributed by atoms with Crippen LogP contribution >= 0.6 is 0 Å². The molecule has 0 spiro atoms. The molecule has 1 unspecified atom stereocenters. The van der Waals surface area contributed by atoms with Gasteiger partial charge >= 0.3 is 0 Å². The zero-order valence-corrected chi connectivity index (χ0v) is 10.7. The predicted molar refractivity (Wildman–Crippen MR) is 68.6 cm³/mol. The summed E-state index contributed by atoms with van der Waals surface area (Å²) in [5, 5.41) is 0. The molecule has 18 heavy (non-hydrogen) atoms. The molecule has 2 aromatic rings. The van der Waals surface area contributed by atoms with Crippen LogP contribution in [0.3, 0.4) is 0 Å². The van der Waals surface area contributed by atoms with Crippen molar-refractivity contribution in [3.63, 3.8) is 0 Å². The molecule has 1 heterocycles. The van der Waals surface area contributed by atoms with Crippen molar-refractivity contribution in [1.82, 2.24) is 4.98 Å². The lowest BCUT2D eigenvalue weighted by Gasteiger charge is -2.05. The average molecular weight is 250 g/mol. The van der Waals surface area contributed by atoms with Crippen LogP contribution in [0.1, 0.15) is 24.8 Å². The number of fused-ring (bicyclic) bond motifs is 1. The number of nitrogens with zero attached hydrogens (tertiary/aromatic N) is 1. The maximum atomic E-state index is 6.04. The number of oxazole rings is 1. The van der Waals surface area contributed by atoms with Crippen molar-refractivity contribution < 1.29 is 13.9 Å². The second-order valence-electron chi connectivity index (χ2n) is 4.10. The molecule has 5 nitrogen and oxygen atoms in total. The number of rotatable bonds is 6. The molecule has 98 valence electrons. The minimum Gasteiger partial charge on any atom is -0.494 e. The van der Waals surface area contributed by atoms with Gasteiger partial charge in [0.1, 0.15) is 5.75 Å². The summed E-state index contributed by atoms with van der Waals surface area (Å²) in [5.41, 5.74) is 7.46. The number of para-hydroxylation sites is 1. The number of aromatic nitrogens is 1. The second-order valence-corrected chi connectivity index (χ2v) is 4.10. The van der Waals surface area contributed by atoms with E-state index in [0.717, 1.165) is 18.4 Å². The predicted octanol–water partition coefficient (Wildman–Crippen LogP) is 2.26. The lowest BCUT2D eigenvalue weighted by Crippen LogP contribution is -2.11. The largest absolute Gasteiger partial charge is 0.494 e. The molecule has 0 amide bonds. The van der Waals surface area contributed by atoms with E-state index in [2.05, 4.69) is 4.98 Å². The second kappa shape index (κ2) is 5.84. The van der Waals surface area contributed by atoms with Crippen LogP contribution in [0.25, 0.3) is 11.1 Å². The van der Waals surface area contributed by atoms with E-state index >= 15 is 0 Å². The smallest absolute Gasteiger partial charge is 0.212 e. The number of benzene rings is 1. The van der Waals surface area contributed by atoms with Gasteiger partial charge in [-0.1, -0.05) is 6.07 Å². The highest BCUT2D eigenvalue weighted by Crippen LogP contribution is 2.28. The van der Waals surface area contributed by atoms with Gasteiger partial charge in [0.15, 0.2) is 11.1 Å². The zero-order chi connectivity index (χ0) is 13.0. The van der Waals surface area contributed by atoms with Gasteiger partial charge in [-0.3, -0.25) is 0 Å². The highest BCUT2D eigenvalue weighted by Gasteiger charge is 2.15. The Morgan fingerprint density at radius 2 is 2.22 bits per heavy atom.